The van der Waals surface area contributed by atoms with Crippen LogP contribution in [0.2, 0.25) is 0 Å². The number of carboxylic acid groups (broad SMARTS) is 1. The van der Waals surface area contributed by atoms with E-state index in [0.717, 1.165) is 0 Å². The van der Waals surface area contributed by atoms with Crippen LogP contribution in [-0.4, -0.2) is 41.2 Å². The minimum atomic E-state index is -3.40. The Morgan fingerprint density at radius 3 is 2.17 bits per heavy atom. The van der Waals surface area contributed by atoms with Gasteiger partial charge >= 0.3 is 5.97 Å². The molecule has 0 aromatic heterocycles. The third-order valence-corrected chi connectivity index (χ3v) is 3.07. The van der Waals surface area contributed by atoms with Crippen LogP contribution in [-0.2, 0) is 9.59 Å². The van der Waals surface area contributed by atoms with Crippen LogP contribution in [0, 0.1) is 11.3 Å². The molecule has 1 atom stereocenters. The second-order valence-electron chi connectivity index (χ2n) is 4.84. The second-order valence-corrected chi connectivity index (χ2v) is 4.84. The fourth-order valence-corrected chi connectivity index (χ4v) is 1.21. The van der Waals surface area contributed by atoms with Crippen LogP contribution in [0.4, 0.5) is 8.78 Å². The quantitative estimate of drug-likeness (QED) is 0.638. The van der Waals surface area contributed by atoms with E-state index in [-0.39, 0.29) is 12.3 Å². The lowest BCUT2D eigenvalue weighted by atomic mass is 9.76. The van der Waals surface area contributed by atoms with Crippen molar-refractivity contribution in [3.63, 3.8) is 0 Å². The minimum Gasteiger partial charge on any atom is -0.481 e. The Hall–Kier alpha value is -1.24. The Morgan fingerprint density at radius 1 is 1.33 bits per heavy atom. The average molecular weight is 267 g/mol. The number of aliphatic hydroxyl groups excluding tert-OH is 1. The van der Waals surface area contributed by atoms with Gasteiger partial charge in [-0.3, -0.25) is 9.59 Å². The number of carbonyl (C=O) groups is 2. The molecule has 0 heterocycles. The Morgan fingerprint density at radius 2 is 1.83 bits per heavy atom. The molecule has 0 fully saturated rings. The van der Waals surface area contributed by atoms with Crippen molar-refractivity contribution in [2.75, 3.05) is 13.2 Å². The number of carboxylic acids is 1. The van der Waals surface area contributed by atoms with Crippen molar-refractivity contribution in [3.05, 3.63) is 0 Å². The normalized spacial score (nSPS) is 15.3. The maximum Gasteiger partial charge on any atom is 0.310 e. The number of hydrogen-bond donors (Lipinski definition) is 3. The van der Waals surface area contributed by atoms with E-state index < -0.39 is 36.4 Å². The molecule has 0 aromatic carbocycles. The first kappa shape index (κ1) is 16.8. The smallest absolute Gasteiger partial charge is 0.310 e. The van der Waals surface area contributed by atoms with Crippen molar-refractivity contribution in [3.8, 4) is 0 Å². The Kier molecular flexibility index (Phi) is 5.66. The van der Waals surface area contributed by atoms with Gasteiger partial charge in [0.05, 0.1) is 12.0 Å². The summed E-state index contributed by atoms with van der Waals surface area (Å²) in [5.41, 5.74) is -1.31. The van der Waals surface area contributed by atoms with Crippen molar-refractivity contribution < 1.29 is 28.6 Å². The first-order valence-electron chi connectivity index (χ1n) is 5.54. The van der Waals surface area contributed by atoms with Gasteiger partial charge in [0.2, 0.25) is 5.91 Å². The summed E-state index contributed by atoms with van der Waals surface area (Å²) in [6.07, 6.45) is -0.387. The lowest BCUT2D eigenvalue weighted by molar-refractivity contribution is -0.153. The molecule has 0 spiro atoms. The van der Waals surface area contributed by atoms with Gasteiger partial charge in [-0.2, -0.15) is 0 Å². The number of aliphatic carboxylic acids is 1. The summed E-state index contributed by atoms with van der Waals surface area (Å²) < 4.78 is 25.4. The lowest BCUT2D eigenvalue weighted by Crippen LogP contribution is -2.43. The summed E-state index contributed by atoms with van der Waals surface area (Å²) in [5.74, 6) is -5.64. The third kappa shape index (κ3) is 4.56. The maximum absolute atomic E-state index is 12.7. The van der Waals surface area contributed by atoms with E-state index in [1.165, 1.54) is 6.92 Å². The number of nitrogens with one attached hydrogen (secondary N) is 1. The molecule has 0 aromatic rings. The van der Waals surface area contributed by atoms with Crippen LogP contribution < -0.4 is 5.32 Å². The molecule has 0 saturated carbocycles. The molecular formula is C11H19F2NO4. The number of rotatable bonds is 7. The van der Waals surface area contributed by atoms with Gasteiger partial charge in [-0.1, -0.05) is 13.8 Å². The molecule has 1 amide bonds. The predicted molar refractivity (Wildman–Crippen MR) is 60.2 cm³/mol. The van der Waals surface area contributed by atoms with E-state index in [9.17, 15) is 18.4 Å². The van der Waals surface area contributed by atoms with E-state index in [4.69, 9.17) is 10.2 Å². The zero-order valence-electron chi connectivity index (χ0n) is 10.7. The van der Waals surface area contributed by atoms with Gasteiger partial charge in [0.1, 0.15) is 6.61 Å². The van der Waals surface area contributed by atoms with E-state index in [2.05, 4.69) is 0 Å². The molecule has 0 aliphatic heterocycles. The zero-order valence-corrected chi connectivity index (χ0v) is 10.7. The van der Waals surface area contributed by atoms with Gasteiger partial charge in [0.15, 0.2) is 0 Å². The van der Waals surface area contributed by atoms with Gasteiger partial charge in [0, 0.05) is 6.42 Å². The van der Waals surface area contributed by atoms with Gasteiger partial charge in [-0.15, -0.1) is 0 Å². The highest BCUT2D eigenvalue weighted by Crippen LogP contribution is 2.31. The molecule has 18 heavy (non-hydrogen) atoms. The highest BCUT2D eigenvalue weighted by molar-refractivity contribution is 5.84. The van der Waals surface area contributed by atoms with E-state index in [1.54, 1.807) is 13.8 Å². The minimum absolute atomic E-state index is 0.320. The number of alkyl halides is 2. The van der Waals surface area contributed by atoms with E-state index >= 15 is 0 Å². The van der Waals surface area contributed by atoms with Gasteiger partial charge in [-0.05, 0) is 12.8 Å². The van der Waals surface area contributed by atoms with Crippen LogP contribution >= 0.6 is 0 Å². The number of hydrogen-bond acceptors (Lipinski definition) is 3. The molecule has 0 radical (unpaired) electrons. The Balaban J connectivity index is 4.51. The van der Waals surface area contributed by atoms with Gasteiger partial charge < -0.3 is 15.5 Å². The average Bonchev–Trinajstić information content (AvgIpc) is 2.26. The first-order chi connectivity index (χ1) is 8.05. The van der Waals surface area contributed by atoms with Crippen LogP contribution in [0.15, 0.2) is 0 Å². The summed E-state index contributed by atoms with van der Waals surface area (Å²) in [5, 5.41) is 19.3. The SMILES string of the molecule is CC(C)C(C)(CC(=O)NCC(F)(F)CO)C(=O)O. The van der Waals surface area contributed by atoms with Crippen molar-refractivity contribution in [2.24, 2.45) is 11.3 Å². The number of halogens is 2. The fourth-order valence-electron chi connectivity index (χ4n) is 1.21. The molecule has 3 N–H and O–H groups in total. The molecule has 0 aliphatic rings. The second kappa shape index (κ2) is 6.08. The van der Waals surface area contributed by atoms with Crippen molar-refractivity contribution >= 4 is 11.9 Å². The number of aliphatic hydroxyl groups is 1. The number of carbonyl (C=O) groups excluding carboxylic acids is 1. The molecule has 5 nitrogen and oxygen atoms in total. The topological polar surface area (TPSA) is 86.6 Å². The largest absolute Gasteiger partial charge is 0.481 e. The summed E-state index contributed by atoms with van der Waals surface area (Å²) in [7, 11) is 0. The zero-order chi connectivity index (χ0) is 14.6. The van der Waals surface area contributed by atoms with Crippen LogP contribution in [0.3, 0.4) is 0 Å². The first-order valence-corrected chi connectivity index (χ1v) is 5.54. The van der Waals surface area contributed by atoms with Crippen molar-refractivity contribution in [1.29, 1.82) is 0 Å². The Labute approximate surface area is 104 Å². The van der Waals surface area contributed by atoms with Crippen LogP contribution in [0.1, 0.15) is 27.2 Å². The summed E-state index contributed by atoms with van der Waals surface area (Å²) in [4.78, 5) is 22.5. The molecule has 0 aliphatic carbocycles. The summed E-state index contributed by atoms with van der Waals surface area (Å²) in [6.45, 7) is 2.31. The highest BCUT2D eigenvalue weighted by atomic mass is 19.3. The molecule has 1 unspecified atom stereocenters. The predicted octanol–water partition coefficient (Wildman–Crippen LogP) is 0.867. The Bertz CT molecular complexity index is 320. The highest BCUT2D eigenvalue weighted by Gasteiger charge is 2.39. The van der Waals surface area contributed by atoms with E-state index in [1.807, 2.05) is 5.32 Å². The maximum atomic E-state index is 12.7. The fraction of sp³-hybridized carbons (Fsp3) is 0.818. The molecule has 7 heteroatoms. The molecule has 0 bridgehead atoms. The molecule has 0 rings (SSSR count). The third-order valence-electron chi connectivity index (χ3n) is 3.07. The van der Waals surface area contributed by atoms with Crippen molar-refractivity contribution in [1.82, 2.24) is 5.32 Å². The van der Waals surface area contributed by atoms with Crippen molar-refractivity contribution in [2.45, 2.75) is 33.1 Å². The van der Waals surface area contributed by atoms with Gasteiger partial charge in [0.25, 0.3) is 5.92 Å². The molecule has 0 saturated heterocycles. The molecular weight excluding hydrogens is 248 g/mol. The molecule has 106 valence electrons. The van der Waals surface area contributed by atoms with Gasteiger partial charge in [-0.25, -0.2) is 8.78 Å². The standard InChI is InChI=1S/C11H19F2NO4/c1-7(2)10(3,9(17)18)4-8(16)14-5-11(12,13)6-15/h7,15H,4-6H2,1-3H3,(H,14,16)(H,17,18). The monoisotopic (exact) mass is 267 g/mol. The van der Waals surface area contributed by atoms with E-state index in [0.29, 0.717) is 0 Å². The summed E-state index contributed by atoms with van der Waals surface area (Å²) >= 11 is 0. The van der Waals surface area contributed by atoms with Crippen LogP contribution in [0.25, 0.3) is 0 Å². The lowest BCUT2D eigenvalue weighted by Gasteiger charge is -2.28. The number of amides is 1. The summed E-state index contributed by atoms with van der Waals surface area (Å²) in [6, 6.07) is 0. The van der Waals surface area contributed by atoms with Crippen LogP contribution in [0.5, 0.6) is 0 Å².